The van der Waals surface area contributed by atoms with E-state index < -0.39 is 0 Å². The summed E-state index contributed by atoms with van der Waals surface area (Å²) >= 11 is 0. The molecule has 0 atom stereocenters. The van der Waals surface area contributed by atoms with E-state index in [9.17, 15) is 4.79 Å². The highest BCUT2D eigenvalue weighted by molar-refractivity contribution is 5.98. The third kappa shape index (κ3) is 2.18. The average Bonchev–Trinajstić information content (AvgIpc) is 2.37. The minimum Gasteiger partial charge on any atom is -0.368 e. The number of para-hydroxylation sites is 2. The Kier molecular flexibility index (Phi) is 3.18. The van der Waals surface area contributed by atoms with Gasteiger partial charge >= 0.3 is 0 Å². The summed E-state index contributed by atoms with van der Waals surface area (Å²) in [5.41, 5.74) is 1.82. The number of nitrogens with one attached hydrogen (secondary N) is 2. The van der Waals surface area contributed by atoms with Crippen LogP contribution >= 0.6 is 0 Å². The maximum Gasteiger partial charge on any atom is 0.273 e. The predicted molar refractivity (Wildman–Crippen MR) is 67.1 cm³/mol. The highest BCUT2D eigenvalue weighted by Crippen LogP contribution is 2.16. The SMILES string of the molecule is CCNc1nc2ccccc2nc1C(=O)NC. The first kappa shape index (κ1) is 11.3. The number of rotatable bonds is 3. The van der Waals surface area contributed by atoms with E-state index in [-0.39, 0.29) is 5.91 Å². The fourth-order valence-corrected chi connectivity index (χ4v) is 1.57. The summed E-state index contributed by atoms with van der Waals surface area (Å²) in [4.78, 5) is 20.4. The van der Waals surface area contributed by atoms with Gasteiger partial charge in [0, 0.05) is 13.6 Å². The van der Waals surface area contributed by atoms with Crippen molar-refractivity contribution in [2.75, 3.05) is 18.9 Å². The van der Waals surface area contributed by atoms with E-state index in [4.69, 9.17) is 0 Å². The zero-order valence-corrected chi connectivity index (χ0v) is 9.82. The molecule has 0 bridgehead atoms. The lowest BCUT2D eigenvalue weighted by molar-refractivity contribution is 0.0959. The largest absolute Gasteiger partial charge is 0.368 e. The van der Waals surface area contributed by atoms with Crippen LogP contribution in [0.3, 0.4) is 0 Å². The molecule has 1 aromatic heterocycles. The monoisotopic (exact) mass is 230 g/mol. The van der Waals surface area contributed by atoms with Gasteiger partial charge in [0.05, 0.1) is 11.0 Å². The minimum atomic E-state index is -0.237. The minimum absolute atomic E-state index is 0.237. The fraction of sp³-hybridized carbons (Fsp3) is 0.250. The number of anilines is 1. The molecule has 17 heavy (non-hydrogen) atoms. The number of benzene rings is 1. The van der Waals surface area contributed by atoms with Gasteiger partial charge in [0.1, 0.15) is 0 Å². The van der Waals surface area contributed by atoms with Gasteiger partial charge in [-0.3, -0.25) is 4.79 Å². The van der Waals surface area contributed by atoms with Crippen LogP contribution in [0.4, 0.5) is 5.82 Å². The molecule has 0 fully saturated rings. The molecule has 0 spiro atoms. The summed E-state index contributed by atoms with van der Waals surface area (Å²) < 4.78 is 0. The van der Waals surface area contributed by atoms with Crippen molar-refractivity contribution in [1.82, 2.24) is 15.3 Å². The van der Waals surface area contributed by atoms with Gasteiger partial charge in [0.25, 0.3) is 5.91 Å². The van der Waals surface area contributed by atoms with E-state index in [0.29, 0.717) is 23.6 Å². The van der Waals surface area contributed by atoms with Crippen molar-refractivity contribution in [1.29, 1.82) is 0 Å². The van der Waals surface area contributed by atoms with Crippen molar-refractivity contribution >= 4 is 22.8 Å². The molecule has 0 aliphatic rings. The normalized spacial score (nSPS) is 10.2. The van der Waals surface area contributed by atoms with E-state index in [1.807, 2.05) is 31.2 Å². The second kappa shape index (κ2) is 4.78. The summed E-state index contributed by atoms with van der Waals surface area (Å²) in [6.45, 7) is 2.64. The number of fused-ring (bicyclic) bond motifs is 1. The van der Waals surface area contributed by atoms with Gasteiger partial charge in [-0.15, -0.1) is 0 Å². The van der Waals surface area contributed by atoms with Crippen LogP contribution in [-0.2, 0) is 0 Å². The number of carbonyl (C=O) groups is 1. The summed E-state index contributed by atoms with van der Waals surface area (Å²) in [7, 11) is 1.58. The number of nitrogens with zero attached hydrogens (tertiary/aromatic N) is 2. The maximum atomic E-state index is 11.7. The molecule has 0 saturated carbocycles. The van der Waals surface area contributed by atoms with Crippen molar-refractivity contribution in [2.24, 2.45) is 0 Å². The Hall–Kier alpha value is -2.17. The Morgan fingerprint density at radius 1 is 1.24 bits per heavy atom. The highest BCUT2D eigenvalue weighted by atomic mass is 16.1. The van der Waals surface area contributed by atoms with Gasteiger partial charge < -0.3 is 10.6 Å². The summed E-state index contributed by atoms with van der Waals surface area (Å²) in [5.74, 6) is 0.282. The number of carbonyl (C=O) groups excluding carboxylic acids is 1. The highest BCUT2D eigenvalue weighted by Gasteiger charge is 2.14. The molecule has 2 rings (SSSR count). The van der Waals surface area contributed by atoms with Gasteiger partial charge in [0.15, 0.2) is 11.5 Å². The second-order valence-corrected chi connectivity index (χ2v) is 3.52. The van der Waals surface area contributed by atoms with Gasteiger partial charge in [-0.05, 0) is 19.1 Å². The first-order valence-corrected chi connectivity index (χ1v) is 5.49. The van der Waals surface area contributed by atoms with E-state index in [0.717, 1.165) is 5.52 Å². The van der Waals surface area contributed by atoms with Crippen LogP contribution in [0.25, 0.3) is 11.0 Å². The molecule has 2 N–H and O–H groups in total. The Bertz CT molecular complexity index is 553. The van der Waals surface area contributed by atoms with Crippen molar-refractivity contribution in [3.8, 4) is 0 Å². The quantitative estimate of drug-likeness (QED) is 0.836. The Morgan fingerprint density at radius 3 is 2.47 bits per heavy atom. The maximum absolute atomic E-state index is 11.7. The van der Waals surface area contributed by atoms with Crippen molar-refractivity contribution < 1.29 is 4.79 Å². The Labute approximate surface area is 99.3 Å². The standard InChI is InChI=1S/C12H14N4O/c1-3-14-11-10(12(17)13-2)15-8-6-4-5-7-9(8)16-11/h4-7H,3H2,1-2H3,(H,13,17)(H,14,16). The molecule has 1 heterocycles. The smallest absolute Gasteiger partial charge is 0.273 e. The van der Waals surface area contributed by atoms with Crippen LogP contribution in [0.5, 0.6) is 0 Å². The number of hydrogen-bond donors (Lipinski definition) is 2. The zero-order chi connectivity index (χ0) is 12.3. The topological polar surface area (TPSA) is 66.9 Å². The van der Waals surface area contributed by atoms with E-state index >= 15 is 0 Å². The first-order valence-electron chi connectivity index (χ1n) is 5.49. The van der Waals surface area contributed by atoms with E-state index in [1.165, 1.54) is 0 Å². The summed E-state index contributed by atoms with van der Waals surface area (Å²) in [5, 5.41) is 5.61. The van der Waals surface area contributed by atoms with E-state index in [2.05, 4.69) is 20.6 Å². The molecule has 0 aliphatic heterocycles. The number of hydrogen-bond acceptors (Lipinski definition) is 4. The van der Waals surface area contributed by atoms with Gasteiger partial charge in [-0.25, -0.2) is 9.97 Å². The predicted octanol–water partition coefficient (Wildman–Crippen LogP) is 1.42. The first-order chi connectivity index (χ1) is 8.26. The molecule has 5 nitrogen and oxygen atoms in total. The molecule has 0 saturated heterocycles. The van der Waals surface area contributed by atoms with Gasteiger partial charge in [-0.2, -0.15) is 0 Å². The Morgan fingerprint density at radius 2 is 1.88 bits per heavy atom. The lowest BCUT2D eigenvalue weighted by Crippen LogP contribution is -2.22. The zero-order valence-electron chi connectivity index (χ0n) is 9.82. The molecule has 88 valence electrons. The van der Waals surface area contributed by atoms with Crippen LogP contribution < -0.4 is 10.6 Å². The van der Waals surface area contributed by atoms with Crippen molar-refractivity contribution in [3.63, 3.8) is 0 Å². The lowest BCUT2D eigenvalue weighted by Gasteiger charge is -2.09. The third-order valence-electron chi connectivity index (χ3n) is 2.36. The summed E-state index contributed by atoms with van der Waals surface area (Å²) in [6, 6.07) is 7.48. The van der Waals surface area contributed by atoms with Crippen molar-refractivity contribution in [3.05, 3.63) is 30.0 Å². The number of amides is 1. The molecule has 5 heteroatoms. The molecular formula is C12H14N4O. The van der Waals surface area contributed by atoms with Crippen LogP contribution in [0, 0.1) is 0 Å². The molecule has 0 unspecified atom stereocenters. The average molecular weight is 230 g/mol. The van der Waals surface area contributed by atoms with Crippen molar-refractivity contribution in [2.45, 2.75) is 6.92 Å². The molecule has 0 radical (unpaired) electrons. The lowest BCUT2D eigenvalue weighted by atomic mass is 10.2. The third-order valence-corrected chi connectivity index (χ3v) is 2.36. The molecule has 1 aromatic carbocycles. The van der Waals surface area contributed by atoms with Gasteiger partial charge in [0.2, 0.25) is 0 Å². The van der Waals surface area contributed by atoms with Gasteiger partial charge in [-0.1, -0.05) is 12.1 Å². The second-order valence-electron chi connectivity index (χ2n) is 3.52. The molecule has 1 amide bonds. The van der Waals surface area contributed by atoms with Crippen LogP contribution in [-0.4, -0.2) is 29.5 Å². The van der Waals surface area contributed by atoms with E-state index in [1.54, 1.807) is 7.05 Å². The molecular weight excluding hydrogens is 216 g/mol. The van der Waals surface area contributed by atoms with Crippen LogP contribution in [0.1, 0.15) is 17.4 Å². The summed E-state index contributed by atoms with van der Waals surface area (Å²) in [6.07, 6.45) is 0. The number of aromatic nitrogens is 2. The molecule has 0 aliphatic carbocycles. The van der Waals surface area contributed by atoms with Crippen LogP contribution in [0.2, 0.25) is 0 Å². The Balaban J connectivity index is 2.61. The molecule has 2 aromatic rings. The van der Waals surface area contributed by atoms with Crippen LogP contribution in [0.15, 0.2) is 24.3 Å². The fourth-order valence-electron chi connectivity index (χ4n) is 1.57.